The van der Waals surface area contributed by atoms with Gasteiger partial charge in [0.25, 0.3) is 0 Å². The van der Waals surface area contributed by atoms with Gasteiger partial charge in [0.15, 0.2) is 0 Å². The summed E-state index contributed by atoms with van der Waals surface area (Å²) in [5.74, 6) is 0.719. The monoisotopic (exact) mass is 658 g/mol. The van der Waals surface area contributed by atoms with Crippen LogP contribution < -0.4 is 26.2 Å². The van der Waals surface area contributed by atoms with E-state index < -0.39 is 0 Å². The normalized spacial score (nSPS) is 10.8. The van der Waals surface area contributed by atoms with Crippen LogP contribution >= 0.6 is 0 Å². The molecular formula is C39H42N6O4. The molecule has 0 aliphatic rings. The zero-order valence-corrected chi connectivity index (χ0v) is 29.0. The predicted molar refractivity (Wildman–Crippen MR) is 196 cm³/mol. The average molecular weight is 659 g/mol. The highest BCUT2D eigenvalue weighted by molar-refractivity contribution is 5.74. The number of phenols is 4. The number of hydrazine groups is 4. The molecule has 0 unspecified atom stereocenters. The molecule has 0 saturated carbocycles. The quantitative estimate of drug-likeness (QED) is 0.0675. The Balaban J connectivity index is 1.87. The van der Waals surface area contributed by atoms with Crippen molar-refractivity contribution in [2.45, 2.75) is 55.4 Å². The Bertz CT molecular complexity index is 2010. The molecule has 0 saturated heterocycles. The van der Waals surface area contributed by atoms with Crippen LogP contribution in [-0.4, -0.2) is 20.4 Å². The van der Waals surface area contributed by atoms with E-state index in [1.54, 1.807) is 28.4 Å². The molecule has 49 heavy (non-hydrogen) atoms. The van der Waals surface area contributed by atoms with Gasteiger partial charge in [0.1, 0.15) is 23.0 Å². The van der Waals surface area contributed by atoms with Crippen molar-refractivity contribution < 1.29 is 20.4 Å². The molecule has 0 heterocycles. The van der Waals surface area contributed by atoms with Gasteiger partial charge in [0, 0.05) is 0 Å². The first-order valence-electron chi connectivity index (χ1n) is 15.8. The topological polar surface area (TPSA) is 138 Å². The van der Waals surface area contributed by atoms with Gasteiger partial charge in [-0.1, -0.05) is 6.07 Å². The highest BCUT2D eigenvalue weighted by atomic mass is 16.3. The smallest absolute Gasteiger partial charge is 0.121 e. The average Bonchev–Trinajstić information content (AvgIpc) is 3.06. The largest absolute Gasteiger partial charge is 0.507 e. The molecule has 252 valence electrons. The number of nitrogens with zero attached hydrogens (tertiary/aromatic N) is 4. The molecule has 0 aliphatic heterocycles. The molecule has 0 bridgehead atoms. The van der Waals surface area contributed by atoms with Crippen LogP contribution in [0.4, 0.5) is 28.4 Å². The number of hydrogen-bond acceptors (Lipinski definition) is 10. The molecule has 10 heteroatoms. The molecule has 0 fully saturated rings. The summed E-state index contributed by atoms with van der Waals surface area (Å²) in [6, 6.07) is 24.1. The molecule has 0 atom stereocenters. The molecule has 5 aromatic rings. The first-order chi connectivity index (χ1) is 23.2. The van der Waals surface area contributed by atoms with Crippen LogP contribution in [0.1, 0.15) is 50.1 Å². The maximum Gasteiger partial charge on any atom is 0.121 e. The van der Waals surface area contributed by atoms with Crippen LogP contribution in [0.15, 0.2) is 72.8 Å². The second kappa shape index (κ2) is 13.5. The fourth-order valence-electron chi connectivity index (χ4n) is 5.85. The highest BCUT2D eigenvalue weighted by Crippen LogP contribution is 2.38. The Hall–Kier alpha value is -6.21. The van der Waals surface area contributed by atoms with E-state index in [9.17, 15) is 25.7 Å². The maximum atomic E-state index is 10.9. The van der Waals surface area contributed by atoms with Gasteiger partial charge in [-0.3, -0.25) is 10.9 Å². The van der Waals surface area contributed by atoms with Crippen molar-refractivity contribution in [1.29, 1.82) is 5.26 Å². The minimum absolute atomic E-state index is 0.168. The molecule has 6 N–H and O–H groups in total. The highest BCUT2D eigenvalue weighted by Gasteiger charge is 2.29. The second-order valence-electron chi connectivity index (χ2n) is 12.6. The number of phenolic OH excluding ortho intramolecular Hbond substituents is 4. The third kappa shape index (κ3) is 6.92. The zero-order valence-electron chi connectivity index (χ0n) is 29.0. The molecule has 10 nitrogen and oxygen atoms in total. The number of hydrogen-bond donors (Lipinski definition) is 6. The van der Waals surface area contributed by atoms with E-state index in [0.29, 0.717) is 78.5 Å². The van der Waals surface area contributed by atoms with Crippen LogP contribution in [0.2, 0.25) is 0 Å². The van der Waals surface area contributed by atoms with Crippen LogP contribution in [0, 0.1) is 66.7 Å². The zero-order chi connectivity index (χ0) is 35.7. The van der Waals surface area contributed by atoms with E-state index in [0.717, 1.165) is 0 Å². The summed E-state index contributed by atoms with van der Waals surface area (Å²) in [6.45, 7) is 14.6. The van der Waals surface area contributed by atoms with E-state index in [2.05, 4.69) is 16.9 Å². The summed E-state index contributed by atoms with van der Waals surface area (Å²) >= 11 is 0. The summed E-state index contributed by atoms with van der Waals surface area (Å²) in [5, 5.41) is 58.2. The summed E-state index contributed by atoms with van der Waals surface area (Å²) in [5.41, 5.74) is 15.9. The van der Waals surface area contributed by atoms with Gasteiger partial charge in [-0.05, 0) is 167 Å². The fraction of sp³-hybridized carbons (Fsp3) is 0.205. The third-order valence-electron chi connectivity index (χ3n) is 8.48. The van der Waals surface area contributed by atoms with E-state index in [-0.39, 0.29) is 23.0 Å². The van der Waals surface area contributed by atoms with Crippen molar-refractivity contribution in [3.8, 4) is 29.1 Å². The SMILES string of the molecule is Cc1cc(NN(c2cc(C)c(O)c(C)c2)N(c2cc(C)c(O)c(C)c2)N(Nc2cccc(C#N)c2)c2cc(C)c(O)c(C)c2)cc(C)c1O. The maximum absolute atomic E-state index is 10.9. The van der Waals surface area contributed by atoms with Crippen LogP contribution in [-0.2, 0) is 0 Å². The fourth-order valence-corrected chi connectivity index (χ4v) is 5.85. The Labute approximate surface area is 287 Å². The Morgan fingerprint density at radius 1 is 0.469 bits per heavy atom. The van der Waals surface area contributed by atoms with E-state index >= 15 is 0 Å². The summed E-state index contributed by atoms with van der Waals surface area (Å²) in [4.78, 5) is 0. The molecule has 0 aromatic heterocycles. The Kier molecular flexibility index (Phi) is 9.40. The number of aryl methyl sites for hydroxylation is 8. The van der Waals surface area contributed by atoms with Crippen LogP contribution in [0.25, 0.3) is 0 Å². The number of nitrogens with one attached hydrogen (secondary N) is 2. The molecule has 0 radical (unpaired) electrons. The van der Waals surface area contributed by atoms with Gasteiger partial charge in [-0.2, -0.15) is 20.6 Å². The third-order valence-corrected chi connectivity index (χ3v) is 8.48. The predicted octanol–water partition coefficient (Wildman–Crippen LogP) is 8.55. The summed E-state index contributed by atoms with van der Waals surface area (Å²) in [7, 11) is 0. The van der Waals surface area contributed by atoms with Crippen LogP contribution in [0.3, 0.4) is 0 Å². The van der Waals surface area contributed by atoms with Crippen molar-refractivity contribution in [3.63, 3.8) is 0 Å². The number of aromatic hydroxyl groups is 4. The first kappa shape index (κ1) is 34.1. The molecule has 0 aliphatic carbocycles. The van der Waals surface area contributed by atoms with Crippen molar-refractivity contribution in [1.82, 2.24) is 0 Å². The Morgan fingerprint density at radius 3 is 1.20 bits per heavy atom. The van der Waals surface area contributed by atoms with Crippen molar-refractivity contribution >= 4 is 28.4 Å². The van der Waals surface area contributed by atoms with Crippen molar-refractivity contribution in [3.05, 3.63) is 123 Å². The van der Waals surface area contributed by atoms with Gasteiger partial charge in [-0.15, -0.1) is 0 Å². The lowest BCUT2D eigenvalue weighted by molar-refractivity contribution is 0.466. The summed E-state index contributed by atoms with van der Waals surface area (Å²) < 4.78 is 0. The molecule has 5 aromatic carbocycles. The van der Waals surface area contributed by atoms with E-state index in [4.69, 9.17) is 0 Å². The van der Waals surface area contributed by atoms with Gasteiger partial charge in [0.2, 0.25) is 0 Å². The second-order valence-corrected chi connectivity index (χ2v) is 12.6. The minimum Gasteiger partial charge on any atom is -0.507 e. The van der Waals surface area contributed by atoms with Crippen LogP contribution in [0.5, 0.6) is 23.0 Å². The molecule has 0 amide bonds. The lowest BCUT2D eigenvalue weighted by Crippen LogP contribution is -2.59. The number of anilines is 5. The number of benzene rings is 5. The van der Waals surface area contributed by atoms with E-state index in [1.807, 2.05) is 115 Å². The lowest BCUT2D eigenvalue weighted by Gasteiger charge is -2.46. The van der Waals surface area contributed by atoms with Gasteiger partial charge in [-0.25, -0.2) is 0 Å². The number of nitriles is 1. The van der Waals surface area contributed by atoms with Gasteiger partial charge < -0.3 is 20.4 Å². The number of rotatable bonds is 9. The first-order valence-corrected chi connectivity index (χ1v) is 15.8. The molecule has 0 spiro atoms. The molecular weight excluding hydrogens is 616 g/mol. The van der Waals surface area contributed by atoms with E-state index in [1.165, 1.54) is 0 Å². The van der Waals surface area contributed by atoms with Gasteiger partial charge in [0.05, 0.1) is 40.1 Å². The Morgan fingerprint density at radius 2 is 0.816 bits per heavy atom. The van der Waals surface area contributed by atoms with Crippen molar-refractivity contribution in [2.75, 3.05) is 26.2 Å². The summed E-state index contributed by atoms with van der Waals surface area (Å²) in [6.07, 6.45) is 0. The van der Waals surface area contributed by atoms with Crippen molar-refractivity contribution in [2.24, 2.45) is 0 Å². The lowest BCUT2D eigenvalue weighted by atomic mass is 10.1. The standard InChI is InChI=1S/C39H42N6O4/c1-22-12-32(13-23(2)36(22)46)42-44(34-16-26(5)38(48)27(6)17-34)45(35-18-28(7)39(49)29(8)19-35)43(33-14-24(3)37(47)25(4)15-33)41-31-11-9-10-30(20-31)21-40/h9-20,41-42,46-49H,1-8H3. The van der Waals surface area contributed by atoms with Gasteiger partial charge >= 0.3 is 0 Å². The minimum atomic E-state index is 0.168. The molecule has 5 rings (SSSR count).